The SMILES string of the molecule is CC(C)(C)OC(=O)N(CCCC1(C)OCCO1)CC(=O)O. The van der Waals surface area contributed by atoms with Crippen molar-refractivity contribution in [1.29, 1.82) is 0 Å². The molecule has 0 aromatic carbocycles. The summed E-state index contributed by atoms with van der Waals surface area (Å²) in [4.78, 5) is 24.0. The molecule has 1 rings (SSSR count). The maximum absolute atomic E-state index is 12.0. The second kappa shape index (κ2) is 7.09. The number of ether oxygens (including phenoxy) is 3. The zero-order valence-electron chi connectivity index (χ0n) is 13.2. The summed E-state index contributed by atoms with van der Waals surface area (Å²) in [5.41, 5.74) is -0.655. The van der Waals surface area contributed by atoms with Crippen molar-refractivity contribution >= 4 is 12.1 Å². The smallest absolute Gasteiger partial charge is 0.410 e. The van der Waals surface area contributed by atoms with Crippen molar-refractivity contribution in [3.63, 3.8) is 0 Å². The van der Waals surface area contributed by atoms with Gasteiger partial charge in [-0.3, -0.25) is 9.69 Å². The van der Waals surface area contributed by atoms with Crippen molar-refractivity contribution in [3.05, 3.63) is 0 Å². The maximum atomic E-state index is 12.0. The molecule has 0 aromatic heterocycles. The van der Waals surface area contributed by atoms with Crippen molar-refractivity contribution in [2.45, 2.75) is 51.9 Å². The number of carbonyl (C=O) groups is 2. The monoisotopic (exact) mass is 303 g/mol. The Bertz CT molecular complexity index is 370. The van der Waals surface area contributed by atoms with Crippen molar-refractivity contribution < 1.29 is 28.9 Å². The first-order chi connectivity index (χ1) is 9.61. The maximum Gasteiger partial charge on any atom is 0.410 e. The first-order valence-corrected chi connectivity index (χ1v) is 7.09. The van der Waals surface area contributed by atoms with Crippen molar-refractivity contribution in [3.8, 4) is 0 Å². The van der Waals surface area contributed by atoms with E-state index in [1.54, 1.807) is 20.8 Å². The van der Waals surface area contributed by atoms with Crippen LogP contribution < -0.4 is 0 Å². The van der Waals surface area contributed by atoms with E-state index in [-0.39, 0.29) is 13.1 Å². The van der Waals surface area contributed by atoms with Crippen LogP contribution in [0.15, 0.2) is 0 Å². The van der Waals surface area contributed by atoms with Gasteiger partial charge in [-0.1, -0.05) is 0 Å². The van der Waals surface area contributed by atoms with Gasteiger partial charge in [0.1, 0.15) is 12.1 Å². The van der Waals surface area contributed by atoms with Crippen molar-refractivity contribution in [2.75, 3.05) is 26.3 Å². The van der Waals surface area contributed by atoms with Gasteiger partial charge in [-0.2, -0.15) is 0 Å². The zero-order chi connectivity index (χ0) is 16.1. The van der Waals surface area contributed by atoms with Crippen LogP contribution in [0.25, 0.3) is 0 Å². The highest BCUT2D eigenvalue weighted by molar-refractivity contribution is 5.76. The Morgan fingerprint density at radius 2 is 1.86 bits per heavy atom. The summed E-state index contributed by atoms with van der Waals surface area (Å²) >= 11 is 0. The minimum absolute atomic E-state index is 0.281. The fourth-order valence-electron chi connectivity index (χ4n) is 2.02. The predicted octanol–water partition coefficient (Wildman–Crippen LogP) is 1.85. The van der Waals surface area contributed by atoms with Gasteiger partial charge in [-0.25, -0.2) is 4.79 Å². The normalized spacial score (nSPS) is 17.5. The molecule has 0 aliphatic carbocycles. The molecule has 1 aliphatic rings. The lowest BCUT2D eigenvalue weighted by molar-refractivity contribution is -0.148. The van der Waals surface area contributed by atoms with Gasteiger partial charge in [-0.05, 0) is 34.1 Å². The van der Waals surface area contributed by atoms with E-state index in [1.165, 1.54) is 4.90 Å². The van der Waals surface area contributed by atoms with Gasteiger partial charge < -0.3 is 19.3 Å². The summed E-state index contributed by atoms with van der Waals surface area (Å²) in [5, 5.41) is 8.89. The second-order valence-electron chi connectivity index (χ2n) is 6.23. The van der Waals surface area contributed by atoms with E-state index in [0.29, 0.717) is 26.1 Å². The van der Waals surface area contributed by atoms with Gasteiger partial charge in [0.05, 0.1) is 13.2 Å². The molecular weight excluding hydrogens is 278 g/mol. The number of carboxylic acids is 1. The number of carbonyl (C=O) groups excluding carboxylic acids is 1. The molecule has 0 unspecified atom stereocenters. The zero-order valence-corrected chi connectivity index (χ0v) is 13.2. The molecule has 1 fully saturated rings. The Morgan fingerprint density at radius 3 is 2.33 bits per heavy atom. The van der Waals surface area contributed by atoms with Crippen LogP contribution in [-0.2, 0) is 19.0 Å². The average Bonchev–Trinajstić information content (AvgIpc) is 2.72. The van der Waals surface area contributed by atoms with E-state index in [9.17, 15) is 9.59 Å². The third-order valence-electron chi connectivity index (χ3n) is 2.93. The molecule has 1 saturated heterocycles. The molecule has 0 atom stereocenters. The Hall–Kier alpha value is -1.34. The third kappa shape index (κ3) is 6.77. The minimum atomic E-state index is -1.07. The summed E-state index contributed by atoms with van der Waals surface area (Å²) in [6, 6.07) is 0. The molecule has 7 nitrogen and oxygen atoms in total. The highest BCUT2D eigenvalue weighted by Crippen LogP contribution is 2.24. The fraction of sp³-hybridized carbons (Fsp3) is 0.857. The molecule has 1 aliphatic heterocycles. The van der Waals surface area contributed by atoms with Crippen LogP contribution in [0, 0.1) is 0 Å². The van der Waals surface area contributed by atoms with Crippen LogP contribution in [-0.4, -0.2) is 59.8 Å². The van der Waals surface area contributed by atoms with Gasteiger partial charge >= 0.3 is 12.1 Å². The molecule has 1 amide bonds. The molecule has 0 bridgehead atoms. The number of nitrogens with zero attached hydrogens (tertiary/aromatic N) is 1. The first kappa shape index (κ1) is 17.7. The van der Waals surface area contributed by atoms with E-state index in [4.69, 9.17) is 19.3 Å². The summed E-state index contributed by atoms with van der Waals surface area (Å²) in [7, 11) is 0. The fourth-order valence-corrected chi connectivity index (χ4v) is 2.02. The lowest BCUT2D eigenvalue weighted by atomic mass is 10.1. The van der Waals surface area contributed by atoms with E-state index in [1.807, 2.05) is 6.92 Å². The van der Waals surface area contributed by atoms with Gasteiger partial charge in [0.25, 0.3) is 0 Å². The summed E-state index contributed by atoms with van der Waals surface area (Å²) in [6.45, 7) is 8.08. The predicted molar refractivity (Wildman–Crippen MR) is 75.0 cm³/mol. The van der Waals surface area contributed by atoms with Gasteiger partial charge in [-0.15, -0.1) is 0 Å². The van der Waals surface area contributed by atoms with Crippen molar-refractivity contribution in [1.82, 2.24) is 4.90 Å². The number of hydrogen-bond acceptors (Lipinski definition) is 5. The molecule has 1 heterocycles. The molecule has 21 heavy (non-hydrogen) atoms. The molecule has 0 spiro atoms. The number of amides is 1. The lowest BCUT2D eigenvalue weighted by Gasteiger charge is -2.28. The van der Waals surface area contributed by atoms with E-state index in [2.05, 4.69) is 0 Å². The molecule has 7 heteroatoms. The van der Waals surface area contributed by atoms with Gasteiger partial charge in [0, 0.05) is 13.0 Å². The number of aliphatic carboxylic acids is 1. The first-order valence-electron chi connectivity index (χ1n) is 7.09. The highest BCUT2D eigenvalue weighted by atomic mass is 16.7. The Morgan fingerprint density at radius 1 is 1.29 bits per heavy atom. The molecular formula is C14H25NO6. The van der Waals surface area contributed by atoms with Crippen molar-refractivity contribution in [2.24, 2.45) is 0 Å². The number of hydrogen-bond donors (Lipinski definition) is 1. The Balaban J connectivity index is 2.49. The molecule has 122 valence electrons. The van der Waals surface area contributed by atoms with Crippen LogP contribution in [0.5, 0.6) is 0 Å². The van der Waals surface area contributed by atoms with E-state index in [0.717, 1.165) is 0 Å². The van der Waals surface area contributed by atoms with Gasteiger partial charge in [0.15, 0.2) is 5.79 Å². The molecule has 0 radical (unpaired) electrons. The number of rotatable bonds is 6. The van der Waals surface area contributed by atoms with E-state index >= 15 is 0 Å². The lowest BCUT2D eigenvalue weighted by Crippen LogP contribution is -2.41. The van der Waals surface area contributed by atoms with Crippen LogP contribution in [0.4, 0.5) is 4.79 Å². The quantitative estimate of drug-likeness (QED) is 0.806. The number of carboxylic acid groups (broad SMARTS) is 1. The Labute approximate surface area is 125 Å². The van der Waals surface area contributed by atoms with Crippen LogP contribution in [0.2, 0.25) is 0 Å². The highest BCUT2D eigenvalue weighted by Gasteiger charge is 2.31. The summed E-state index contributed by atoms with van der Waals surface area (Å²) in [5.74, 6) is -1.71. The minimum Gasteiger partial charge on any atom is -0.480 e. The Kier molecular flexibility index (Phi) is 5.98. The van der Waals surface area contributed by atoms with E-state index < -0.39 is 23.5 Å². The molecule has 1 N–H and O–H groups in total. The van der Waals surface area contributed by atoms with Gasteiger partial charge in [0.2, 0.25) is 0 Å². The molecule has 0 aromatic rings. The third-order valence-corrected chi connectivity index (χ3v) is 2.93. The average molecular weight is 303 g/mol. The topological polar surface area (TPSA) is 85.3 Å². The summed E-state index contributed by atoms with van der Waals surface area (Å²) in [6.07, 6.45) is 0.540. The molecule has 0 saturated carbocycles. The standard InChI is InChI=1S/C14H25NO6/c1-13(2,3)21-12(18)15(10-11(16)17)7-5-6-14(4)19-8-9-20-14/h5-10H2,1-4H3,(H,16,17). The van der Waals surface area contributed by atoms with Crippen LogP contribution in [0.1, 0.15) is 40.5 Å². The summed E-state index contributed by atoms with van der Waals surface area (Å²) < 4.78 is 16.2. The second-order valence-corrected chi connectivity index (χ2v) is 6.23. The van der Waals surface area contributed by atoms with Crippen LogP contribution in [0.3, 0.4) is 0 Å². The van der Waals surface area contributed by atoms with Crippen LogP contribution >= 0.6 is 0 Å². The largest absolute Gasteiger partial charge is 0.480 e.